The summed E-state index contributed by atoms with van der Waals surface area (Å²) >= 11 is 3.27. The largest absolute Gasteiger partial charge is 0.444 e. The third-order valence-corrected chi connectivity index (χ3v) is 6.12. The zero-order valence-corrected chi connectivity index (χ0v) is 18.8. The van der Waals surface area contributed by atoms with E-state index in [0.717, 1.165) is 11.3 Å². The van der Waals surface area contributed by atoms with E-state index in [2.05, 4.69) is 15.9 Å². The quantitative estimate of drug-likeness (QED) is 0.614. The number of rotatable bonds is 2. The van der Waals surface area contributed by atoms with Gasteiger partial charge >= 0.3 is 6.09 Å². The molecular formula is C23H24BrFN2O3. The second-order valence-electron chi connectivity index (χ2n) is 8.88. The molecule has 4 rings (SSSR count). The molecule has 0 radical (unpaired) electrons. The Labute approximate surface area is 183 Å². The van der Waals surface area contributed by atoms with E-state index in [9.17, 15) is 14.0 Å². The van der Waals surface area contributed by atoms with Gasteiger partial charge in [0.05, 0.1) is 12.0 Å². The molecule has 2 amide bonds. The summed E-state index contributed by atoms with van der Waals surface area (Å²) < 4.78 is 20.6. The van der Waals surface area contributed by atoms with Crippen LogP contribution in [0.4, 0.5) is 14.9 Å². The summed E-state index contributed by atoms with van der Waals surface area (Å²) in [6.07, 6.45) is 0.101. The molecule has 1 fully saturated rings. The molecule has 2 aromatic rings. The number of fused-ring (bicyclic) bond motifs is 2. The molecule has 1 spiro atoms. The molecule has 2 heterocycles. The van der Waals surface area contributed by atoms with Crippen molar-refractivity contribution in [1.29, 1.82) is 0 Å². The minimum Gasteiger partial charge on any atom is -0.444 e. The maximum absolute atomic E-state index is 14.5. The smallest absolute Gasteiger partial charge is 0.410 e. The van der Waals surface area contributed by atoms with Crippen LogP contribution in [0.2, 0.25) is 0 Å². The van der Waals surface area contributed by atoms with E-state index in [1.165, 1.54) is 6.07 Å². The lowest BCUT2D eigenvalue weighted by Crippen LogP contribution is -2.44. The predicted octanol–water partition coefficient (Wildman–Crippen LogP) is 5.01. The Balaban J connectivity index is 1.65. The fraction of sp³-hybridized carbons (Fsp3) is 0.391. The van der Waals surface area contributed by atoms with Crippen molar-refractivity contribution in [3.8, 4) is 0 Å². The molecule has 2 aromatic carbocycles. The van der Waals surface area contributed by atoms with Crippen LogP contribution >= 0.6 is 15.9 Å². The van der Waals surface area contributed by atoms with Gasteiger partial charge in [0.2, 0.25) is 5.91 Å². The van der Waals surface area contributed by atoms with Crippen LogP contribution in [0.15, 0.2) is 46.9 Å². The highest BCUT2D eigenvalue weighted by Crippen LogP contribution is 2.48. The highest BCUT2D eigenvalue weighted by Gasteiger charge is 2.55. The summed E-state index contributed by atoms with van der Waals surface area (Å²) in [7, 11) is 0. The van der Waals surface area contributed by atoms with Crippen molar-refractivity contribution in [3.05, 3.63) is 63.9 Å². The number of hydrogen-bond acceptors (Lipinski definition) is 3. The Bertz CT molecular complexity index is 1020. The molecule has 2 aliphatic rings. The average molecular weight is 475 g/mol. The molecule has 0 aliphatic carbocycles. The topological polar surface area (TPSA) is 49.9 Å². The zero-order valence-electron chi connectivity index (χ0n) is 17.2. The minimum atomic E-state index is -0.820. The minimum absolute atomic E-state index is 0.0999. The number of benzene rings is 2. The van der Waals surface area contributed by atoms with Crippen LogP contribution < -0.4 is 4.90 Å². The summed E-state index contributed by atoms with van der Waals surface area (Å²) in [5.41, 5.74) is 0.685. The van der Waals surface area contributed by atoms with Gasteiger partial charge in [0.25, 0.3) is 0 Å². The van der Waals surface area contributed by atoms with E-state index in [1.807, 2.05) is 45.0 Å². The highest BCUT2D eigenvalue weighted by atomic mass is 79.9. The van der Waals surface area contributed by atoms with E-state index in [1.54, 1.807) is 21.9 Å². The molecule has 0 N–H and O–H groups in total. The number of amides is 2. The van der Waals surface area contributed by atoms with Gasteiger partial charge in [0.15, 0.2) is 0 Å². The van der Waals surface area contributed by atoms with Crippen LogP contribution in [0.5, 0.6) is 0 Å². The van der Waals surface area contributed by atoms with Gasteiger partial charge in [-0.05, 0) is 51.0 Å². The van der Waals surface area contributed by atoms with Crippen LogP contribution in [0, 0.1) is 5.82 Å². The maximum Gasteiger partial charge on any atom is 0.410 e. The normalized spacial score (nSPS) is 20.8. The van der Waals surface area contributed by atoms with Crippen molar-refractivity contribution in [1.82, 2.24) is 4.90 Å². The summed E-state index contributed by atoms with van der Waals surface area (Å²) in [5, 5.41) is 0. The summed E-state index contributed by atoms with van der Waals surface area (Å²) in [4.78, 5) is 29.5. The molecule has 5 nitrogen and oxygen atoms in total. The number of hydrogen-bond donors (Lipinski definition) is 0. The fourth-order valence-electron chi connectivity index (χ4n) is 4.26. The lowest BCUT2D eigenvalue weighted by atomic mass is 9.81. The molecule has 7 heteroatoms. The molecule has 158 valence electrons. The lowest BCUT2D eigenvalue weighted by molar-refractivity contribution is -0.122. The standard InChI is InChI=1S/C23H24BrFN2O3/c1-22(2,3)30-21(29)26-11-10-23(14-26)17-6-4-5-7-19(17)27(20(23)28)13-15-8-9-16(24)12-18(15)25/h4-9,12H,10-11,13-14H2,1-3H3. The van der Waals surface area contributed by atoms with Crippen LogP contribution in [-0.2, 0) is 21.5 Å². The molecule has 2 aliphatic heterocycles. The maximum atomic E-state index is 14.5. The Kier molecular flexibility index (Phi) is 5.12. The Morgan fingerprint density at radius 2 is 1.97 bits per heavy atom. The molecule has 1 atom stereocenters. The fourth-order valence-corrected chi connectivity index (χ4v) is 4.59. The van der Waals surface area contributed by atoms with Gasteiger partial charge in [0, 0.05) is 28.8 Å². The van der Waals surface area contributed by atoms with Gasteiger partial charge in [-0.1, -0.05) is 40.2 Å². The first-order valence-electron chi connectivity index (χ1n) is 9.94. The SMILES string of the molecule is CC(C)(C)OC(=O)N1CCC2(C1)C(=O)N(Cc1ccc(Br)cc1F)c1ccccc12. The number of carbonyl (C=O) groups is 2. The van der Waals surface area contributed by atoms with E-state index in [-0.39, 0.29) is 24.8 Å². The number of likely N-dealkylation sites (tertiary alicyclic amines) is 1. The highest BCUT2D eigenvalue weighted by molar-refractivity contribution is 9.10. The van der Waals surface area contributed by atoms with Crippen LogP contribution in [0.3, 0.4) is 0 Å². The van der Waals surface area contributed by atoms with Gasteiger partial charge in [0.1, 0.15) is 11.4 Å². The lowest BCUT2D eigenvalue weighted by Gasteiger charge is -2.27. The van der Waals surface area contributed by atoms with Crippen molar-refractivity contribution in [2.75, 3.05) is 18.0 Å². The second-order valence-corrected chi connectivity index (χ2v) is 9.79. The monoisotopic (exact) mass is 474 g/mol. The molecule has 30 heavy (non-hydrogen) atoms. The number of nitrogens with zero attached hydrogens (tertiary/aromatic N) is 2. The third kappa shape index (κ3) is 3.60. The summed E-state index contributed by atoms with van der Waals surface area (Å²) in [6, 6.07) is 12.4. The van der Waals surface area contributed by atoms with Crippen LogP contribution in [-0.4, -0.2) is 35.6 Å². The van der Waals surface area contributed by atoms with Crippen molar-refractivity contribution in [3.63, 3.8) is 0 Å². The number of ether oxygens (including phenoxy) is 1. The van der Waals surface area contributed by atoms with Crippen molar-refractivity contribution in [2.45, 2.75) is 44.8 Å². The Morgan fingerprint density at radius 1 is 1.23 bits per heavy atom. The molecule has 1 unspecified atom stereocenters. The van der Waals surface area contributed by atoms with Gasteiger partial charge in [-0.3, -0.25) is 4.79 Å². The second kappa shape index (κ2) is 7.38. The summed E-state index contributed by atoms with van der Waals surface area (Å²) in [6.45, 7) is 6.31. The van der Waals surface area contributed by atoms with Crippen molar-refractivity contribution >= 4 is 33.6 Å². The summed E-state index contributed by atoms with van der Waals surface area (Å²) in [5.74, 6) is -0.463. The van der Waals surface area contributed by atoms with Crippen molar-refractivity contribution < 1.29 is 18.7 Å². The molecule has 0 aromatic heterocycles. The Hall–Kier alpha value is -2.41. The average Bonchev–Trinajstić information content (AvgIpc) is 3.20. The van der Waals surface area contributed by atoms with Gasteiger partial charge in [-0.2, -0.15) is 0 Å². The molecule has 0 bridgehead atoms. The Morgan fingerprint density at radius 3 is 2.67 bits per heavy atom. The van der Waals surface area contributed by atoms with E-state index < -0.39 is 17.1 Å². The zero-order chi connectivity index (χ0) is 21.7. The molecule has 0 saturated carbocycles. The molecule has 1 saturated heterocycles. The van der Waals surface area contributed by atoms with Crippen LogP contribution in [0.25, 0.3) is 0 Å². The van der Waals surface area contributed by atoms with Gasteiger partial charge in [-0.25, -0.2) is 9.18 Å². The first-order chi connectivity index (χ1) is 14.1. The van der Waals surface area contributed by atoms with E-state index in [0.29, 0.717) is 23.0 Å². The molecular weight excluding hydrogens is 451 g/mol. The first-order valence-corrected chi connectivity index (χ1v) is 10.7. The van der Waals surface area contributed by atoms with Crippen molar-refractivity contribution in [2.24, 2.45) is 0 Å². The number of carbonyl (C=O) groups excluding carboxylic acids is 2. The predicted molar refractivity (Wildman–Crippen MR) is 116 cm³/mol. The van der Waals surface area contributed by atoms with Gasteiger partial charge in [-0.15, -0.1) is 0 Å². The first kappa shape index (κ1) is 20.8. The van der Waals surface area contributed by atoms with E-state index in [4.69, 9.17) is 4.74 Å². The van der Waals surface area contributed by atoms with Gasteiger partial charge < -0.3 is 14.5 Å². The number of anilines is 1. The number of para-hydroxylation sites is 1. The number of halogens is 2. The van der Waals surface area contributed by atoms with E-state index >= 15 is 0 Å². The van der Waals surface area contributed by atoms with Crippen LogP contribution in [0.1, 0.15) is 38.3 Å². The third-order valence-electron chi connectivity index (χ3n) is 5.63.